The molecule has 0 saturated carbocycles. The number of hydrogen-bond donors (Lipinski definition) is 1. The number of ether oxygens (including phenoxy) is 3. The molecule has 0 bridgehead atoms. The molecule has 2 aromatic carbocycles. The van der Waals surface area contributed by atoms with Gasteiger partial charge in [0.2, 0.25) is 6.10 Å². The standard InChI is InChI=1S/C18H15BrFNO5/c1-10-17(26-15-5-3-2-4-14(15)25-10)18(23)24-9-16(22)21-13-7-6-11(19)8-12(13)20/h2-8,10,17H,9H2,1H3,(H,21,22). The van der Waals surface area contributed by atoms with Crippen LogP contribution in [0.15, 0.2) is 46.9 Å². The first-order chi connectivity index (χ1) is 12.4. The van der Waals surface area contributed by atoms with Crippen LogP contribution in [0.25, 0.3) is 0 Å². The molecule has 3 rings (SSSR count). The highest BCUT2D eigenvalue weighted by atomic mass is 79.9. The van der Waals surface area contributed by atoms with Crippen LogP contribution < -0.4 is 14.8 Å². The second-order valence-corrected chi connectivity index (χ2v) is 6.50. The van der Waals surface area contributed by atoms with Gasteiger partial charge in [-0.3, -0.25) is 4.79 Å². The lowest BCUT2D eigenvalue weighted by Crippen LogP contribution is -2.45. The van der Waals surface area contributed by atoms with Crippen molar-refractivity contribution in [2.45, 2.75) is 19.1 Å². The van der Waals surface area contributed by atoms with Gasteiger partial charge in [0.15, 0.2) is 18.1 Å². The van der Waals surface area contributed by atoms with Crippen LogP contribution in [0.2, 0.25) is 0 Å². The largest absolute Gasteiger partial charge is 0.482 e. The number of amides is 1. The van der Waals surface area contributed by atoms with Crippen LogP contribution in [0.3, 0.4) is 0 Å². The van der Waals surface area contributed by atoms with E-state index in [2.05, 4.69) is 21.2 Å². The Morgan fingerprint density at radius 3 is 2.58 bits per heavy atom. The van der Waals surface area contributed by atoms with Gasteiger partial charge in [-0.2, -0.15) is 0 Å². The molecule has 1 aliphatic heterocycles. The van der Waals surface area contributed by atoms with Gasteiger partial charge in [-0.25, -0.2) is 9.18 Å². The molecule has 0 spiro atoms. The van der Waals surface area contributed by atoms with Crippen molar-refractivity contribution in [2.75, 3.05) is 11.9 Å². The molecule has 1 heterocycles. The third-order valence-electron chi connectivity index (χ3n) is 3.63. The van der Waals surface area contributed by atoms with E-state index in [0.717, 1.165) is 0 Å². The zero-order valence-electron chi connectivity index (χ0n) is 13.7. The molecule has 0 saturated heterocycles. The van der Waals surface area contributed by atoms with Gasteiger partial charge in [-0.1, -0.05) is 28.1 Å². The Hall–Kier alpha value is -2.61. The number of hydrogen-bond acceptors (Lipinski definition) is 5. The summed E-state index contributed by atoms with van der Waals surface area (Å²) in [6, 6.07) is 11.1. The fourth-order valence-corrected chi connectivity index (χ4v) is 2.71. The number of anilines is 1. The van der Waals surface area contributed by atoms with Crippen molar-refractivity contribution in [3.8, 4) is 11.5 Å². The first-order valence-corrected chi connectivity index (χ1v) is 8.57. The molecule has 0 fully saturated rings. The quantitative estimate of drug-likeness (QED) is 0.763. The van der Waals surface area contributed by atoms with Gasteiger partial charge in [-0.05, 0) is 37.3 Å². The lowest BCUT2D eigenvalue weighted by atomic mass is 10.2. The molecule has 0 aliphatic carbocycles. The van der Waals surface area contributed by atoms with E-state index in [9.17, 15) is 14.0 Å². The minimum Gasteiger partial charge on any atom is -0.482 e. The van der Waals surface area contributed by atoms with Crippen LogP contribution in [-0.4, -0.2) is 30.7 Å². The van der Waals surface area contributed by atoms with E-state index in [-0.39, 0.29) is 5.69 Å². The van der Waals surface area contributed by atoms with Gasteiger partial charge >= 0.3 is 5.97 Å². The van der Waals surface area contributed by atoms with E-state index in [4.69, 9.17) is 14.2 Å². The summed E-state index contributed by atoms with van der Waals surface area (Å²) in [6.45, 7) is 1.10. The maximum absolute atomic E-state index is 13.7. The summed E-state index contributed by atoms with van der Waals surface area (Å²) in [7, 11) is 0. The molecule has 1 amide bonds. The van der Waals surface area contributed by atoms with Gasteiger partial charge in [-0.15, -0.1) is 0 Å². The molecule has 0 radical (unpaired) electrons. The predicted molar refractivity (Wildman–Crippen MR) is 94.6 cm³/mol. The molecule has 1 aliphatic rings. The van der Waals surface area contributed by atoms with Crippen molar-refractivity contribution in [3.05, 3.63) is 52.8 Å². The number of fused-ring (bicyclic) bond motifs is 1. The van der Waals surface area contributed by atoms with Crippen molar-refractivity contribution < 1.29 is 28.2 Å². The Morgan fingerprint density at radius 1 is 1.19 bits per heavy atom. The number of rotatable bonds is 4. The maximum Gasteiger partial charge on any atom is 0.351 e. The average Bonchev–Trinajstić information content (AvgIpc) is 2.61. The monoisotopic (exact) mass is 423 g/mol. The van der Waals surface area contributed by atoms with Crippen LogP contribution >= 0.6 is 15.9 Å². The number of para-hydroxylation sites is 2. The van der Waals surface area contributed by atoms with Crippen LogP contribution in [0.5, 0.6) is 11.5 Å². The van der Waals surface area contributed by atoms with Crippen molar-refractivity contribution in [2.24, 2.45) is 0 Å². The molecule has 2 unspecified atom stereocenters. The summed E-state index contributed by atoms with van der Waals surface area (Å²) >= 11 is 3.13. The van der Waals surface area contributed by atoms with Crippen LogP contribution in [0.1, 0.15) is 6.92 Å². The zero-order chi connectivity index (χ0) is 18.7. The number of esters is 1. The van der Waals surface area contributed by atoms with Crippen molar-refractivity contribution in [1.82, 2.24) is 0 Å². The smallest absolute Gasteiger partial charge is 0.351 e. The molecule has 2 atom stereocenters. The Bertz CT molecular complexity index is 844. The SMILES string of the molecule is CC1Oc2ccccc2OC1C(=O)OCC(=O)Nc1ccc(Br)cc1F. The first-order valence-electron chi connectivity index (χ1n) is 7.78. The summed E-state index contributed by atoms with van der Waals surface area (Å²) in [5.41, 5.74) is -0.00575. The van der Waals surface area contributed by atoms with Crippen LogP contribution in [-0.2, 0) is 14.3 Å². The number of carbonyl (C=O) groups excluding carboxylic acids is 2. The minimum atomic E-state index is -0.998. The molecule has 6 nitrogen and oxygen atoms in total. The van der Waals surface area contributed by atoms with Crippen molar-refractivity contribution >= 4 is 33.5 Å². The van der Waals surface area contributed by atoms with E-state index in [0.29, 0.717) is 16.0 Å². The maximum atomic E-state index is 13.7. The number of halogens is 2. The van der Waals surface area contributed by atoms with Crippen LogP contribution in [0, 0.1) is 5.82 Å². The molecular weight excluding hydrogens is 409 g/mol. The minimum absolute atomic E-state index is 0.00575. The predicted octanol–water partition coefficient (Wildman–Crippen LogP) is 3.30. The molecule has 2 aromatic rings. The molecule has 26 heavy (non-hydrogen) atoms. The number of benzene rings is 2. The second-order valence-electron chi connectivity index (χ2n) is 5.59. The Labute approximate surface area is 157 Å². The first kappa shape index (κ1) is 18.2. The average molecular weight is 424 g/mol. The van der Waals surface area contributed by atoms with Gasteiger partial charge in [0.25, 0.3) is 5.91 Å². The van der Waals surface area contributed by atoms with Gasteiger partial charge in [0.1, 0.15) is 11.9 Å². The number of nitrogens with one attached hydrogen (secondary N) is 1. The van der Waals surface area contributed by atoms with E-state index in [1.165, 1.54) is 12.1 Å². The van der Waals surface area contributed by atoms with Gasteiger partial charge in [0.05, 0.1) is 5.69 Å². The topological polar surface area (TPSA) is 73.9 Å². The molecular formula is C18H15BrFNO5. The van der Waals surface area contributed by atoms with E-state index in [1.807, 2.05) is 0 Å². The molecule has 136 valence electrons. The highest BCUT2D eigenvalue weighted by Crippen LogP contribution is 2.33. The van der Waals surface area contributed by atoms with Gasteiger partial charge < -0.3 is 19.5 Å². The lowest BCUT2D eigenvalue weighted by Gasteiger charge is -2.30. The number of carbonyl (C=O) groups is 2. The molecule has 8 heteroatoms. The molecule has 1 N–H and O–H groups in total. The van der Waals surface area contributed by atoms with E-state index in [1.54, 1.807) is 37.3 Å². The van der Waals surface area contributed by atoms with E-state index >= 15 is 0 Å². The second kappa shape index (κ2) is 7.74. The zero-order valence-corrected chi connectivity index (χ0v) is 15.3. The normalized spacial score (nSPS) is 18.1. The van der Waals surface area contributed by atoms with Gasteiger partial charge in [0, 0.05) is 4.47 Å². The molecule has 0 aromatic heterocycles. The summed E-state index contributed by atoms with van der Waals surface area (Å²) in [6.07, 6.45) is -1.58. The highest BCUT2D eigenvalue weighted by Gasteiger charge is 2.35. The fourth-order valence-electron chi connectivity index (χ4n) is 2.38. The van der Waals surface area contributed by atoms with E-state index < -0.39 is 36.5 Å². The Morgan fingerprint density at radius 2 is 1.88 bits per heavy atom. The van der Waals surface area contributed by atoms with Crippen molar-refractivity contribution in [1.29, 1.82) is 0 Å². The highest BCUT2D eigenvalue weighted by molar-refractivity contribution is 9.10. The summed E-state index contributed by atoms with van der Waals surface area (Å²) in [5.74, 6) is -1.04. The third kappa shape index (κ3) is 4.13. The summed E-state index contributed by atoms with van der Waals surface area (Å²) < 4.78 is 30.4. The summed E-state index contributed by atoms with van der Waals surface area (Å²) in [4.78, 5) is 24.1. The van der Waals surface area contributed by atoms with Crippen LogP contribution in [0.4, 0.5) is 10.1 Å². The Balaban J connectivity index is 1.56. The third-order valence-corrected chi connectivity index (χ3v) is 4.12. The summed E-state index contributed by atoms with van der Waals surface area (Å²) in [5, 5.41) is 2.34. The Kier molecular flexibility index (Phi) is 5.41. The van der Waals surface area contributed by atoms with Crippen molar-refractivity contribution in [3.63, 3.8) is 0 Å². The fraction of sp³-hybridized carbons (Fsp3) is 0.222. The lowest BCUT2D eigenvalue weighted by molar-refractivity contribution is -0.159.